The molecule has 138 valence electrons. The minimum absolute atomic E-state index is 0.216. The lowest BCUT2D eigenvalue weighted by molar-refractivity contribution is -0.130. The molecule has 0 aliphatic heterocycles. The van der Waals surface area contributed by atoms with Gasteiger partial charge in [-0.05, 0) is 48.6 Å². The molecule has 0 bridgehead atoms. The zero-order valence-corrected chi connectivity index (χ0v) is 15.8. The van der Waals surface area contributed by atoms with Crippen molar-refractivity contribution in [2.75, 3.05) is 12.3 Å². The second-order valence-electron chi connectivity index (χ2n) is 6.76. The number of amides is 1. The number of hydrogen-bond donors (Lipinski definition) is 0. The molecule has 3 rings (SSSR count). The minimum atomic E-state index is -0.218. The molecule has 1 heterocycles. The zero-order valence-electron chi connectivity index (χ0n) is 14.9. The quantitative estimate of drug-likeness (QED) is 0.685. The van der Waals surface area contributed by atoms with Gasteiger partial charge in [0.05, 0.1) is 5.75 Å². The molecule has 0 saturated heterocycles. The van der Waals surface area contributed by atoms with Crippen molar-refractivity contribution in [2.45, 2.75) is 43.9 Å². The number of hydrogen-bond acceptors (Lipinski definition) is 3. The summed E-state index contributed by atoms with van der Waals surface area (Å²) in [5.41, 5.74) is 2.22. The molecule has 1 aliphatic carbocycles. The number of pyridine rings is 1. The number of carbonyl (C=O) groups excluding carboxylic acids is 1. The maximum atomic E-state index is 13.1. The smallest absolute Gasteiger partial charge is 0.232 e. The molecule has 3 nitrogen and oxygen atoms in total. The molecule has 0 radical (unpaired) electrons. The van der Waals surface area contributed by atoms with Crippen LogP contribution in [0, 0.1) is 5.82 Å². The summed E-state index contributed by atoms with van der Waals surface area (Å²) in [5.74, 6) is 1.29. The average molecular weight is 373 g/mol. The van der Waals surface area contributed by atoms with Crippen LogP contribution in [0.25, 0.3) is 0 Å². The predicted molar refractivity (Wildman–Crippen MR) is 104 cm³/mol. The van der Waals surface area contributed by atoms with Crippen LogP contribution in [0.1, 0.15) is 36.8 Å². The first-order chi connectivity index (χ1) is 12.7. The maximum absolute atomic E-state index is 13.1. The van der Waals surface area contributed by atoms with E-state index in [4.69, 9.17) is 0 Å². The van der Waals surface area contributed by atoms with Crippen molar-refractivity contribution in [1.29, 1.82) is 0 Å². The predicted octanol–water partition coefficient (Wildman–Crippen LogP) is 4.47. The van der Waals surface area contributed by atoms with Crippen molar-refractivity contribution in [2.24, 2.45) is 0 Å². The Morgan fingerprint density at radius 3 is 2.62 bits per heavy atom. The summed E-state index contributed by atoms with van der Waals surface area (Å²) in [7, 11) is 0. The van der Waals surface area contributed by atoms with Gasteiger partial charge in [0.15, 0.2) is 0 Å². The molecule has 0 atom stereocenters. The molecule has 1 aromatic heterocycles. The third-order valence-electron chi connectivity index (χ3n) is 4.86. The van der Waals surface area contributed by atoms with Crippen molar-refractivity contribution >= 4 is 17.7 Å². The molecule has 1 aromatic carbocycles. The van der Waals surface area contributed by atoms with Gasteiger partial charge in [-0.3, -0.25) is 9.78 Å². The first-order valence-electron chi connectivity index (χ1n) is 9.23. The summed E-state index contributed by atoms with van der Waals surface area (Å²) in [6.45, 7) is 0.711. The molecule has 1 amide bonds. The summed E-state index contributed by atoms with van der Waals surface area (Å²) in [4.78, 5) is 19.0. The maximum Gasteiger partial charge on any atom is 0.232 e. The van der Waals surface area contributed by atoms with Gasteiger partial charge in [-0.25, -0.2) is 4.39 Å². The summed E-state index contributed by atoms with van der Waals surface area (Å²) in [6.07, 6.45) is 8.99. The minimum Gasteiger partial charge on any atom is -0.339 e. The van der Waals surface area contributed by atoms with Gasteiger partial charge in [0.25, 0.3) is 0 Å². The summed E-state index contributed by atoms with van der Waals surface area (Å²) >= 11 is 1.64. The Morgan fingerprint density at radius 2 is 1.92 bits per heavy atom. The number of carbonyl (C=O) groups is 1. The Hall–Kier alpha value is -1.88. The monoisotopic (exact) mass is 372 g/mol. The van der Waals surface area contributed by atoms with Crippen molar-refractivity contribution in [1.82, 2.24) is 9.88 Å². The lowest BCUT2D eigenvalue weighted by atomic mass is 10.1. The number of aromatic nitrogens is 1. The lowest BCUT2D eigenvalue weighted by Crippen LogP contribution is -2.41. The first-order valence-corrected chi connectivity index (χ1v) is 10.4. The van der Waals surface area contributed by atoms with Crippen molar-refractivity contribution in [3.05, 3.63) is 65.7 Å². The van der Waals surface area contributed by atoms with Crippen LogP contribution in [0.15, 0.2) is 48.8 Å². The standard InChI is InChI=1S/C21H25FN2OS/c22-19-9-7-17(8-10-19)11-13-24(20-5-1-2-6-20)21(25)16-26-15-18-4-3-12-23-14-18/h3-4,7-10,12,14,20H,1-2,5-6,11,13,15-16H2. The molecule has 0 unspecified atom stereocenters. The van der Waals surface area contributed by atoms with Gasteiger partial charge in [-0.2, -0.15) is 0 Å². The third-order valence-corrected chi connectivity index (χ3v) is 5.85. The van der Waals surface area contributed by atoms with E-state index in [1.165, 1.54) is 25.0 Å². The fourth-order valence-electron chi connectivity index (χ4n) is 3.45. The summed E-state index contributed by atoms with van der Waals surface area (Å²) in [5, 5.41) is 0. The van der Waals surface area contributed by atoms with Crippen LogP contribution < -0.4 is 0 Å². The molecular formula is C21H25FN2OS. The normalized spacial score (nSPS) is 14.5. The van der Waals surface area contributed by atoms with Crippen LogP contribution in [-0.2, 0) is 17.0 Å². The topological polar surface area (TPSA) is 33.2 Å². The second-order valence-corrected chi connectivity index (χ2v) is 7.74. The van der Waals surface area contributed by atoms with Crippen molar-refractivity contribution in [3.63, 3.8) is 0 Å². The lowest BCUT2D eigenvalue weighted by Gasteiger charge is -2.29. The molecular weight excluding hydrogens is 347 g/mol. The number of nitrogens with zero attached hydrogens (tertiary/aromatic N) is 2. The number of halogens is 1. The van der Waals surface area contributed by atoms with Crippen molar-refractivity contribution in [3.8, 4) is 0 Å². The highest BCUT2D eigenvalue weighted by molar-refractivity contribution is 7.99. The highest BCUT2D eigenvalue weighted by Crippen LogP contribution is 2.25. The van der Waals surface area contributed by atoms with Gasteiger partial charge in [0.2, 0.25) is 5.91 Å². The van der Waals surface area contributed by atoms with E-state index < -0.39 is 0 Å². The Balaban J connectivity index is 1.54. The van der Waals surface area contributed by atoms with E-state index in [-0.39, 0.29) is 11.7 Å². The Bertz CT molecular complexity index is 687. The van der Waals surface area contributed by atoms with E-state index in [0.717, 1.165) is 36.1 Å². The Morgan fingerprint density at radius 1 is 1.15 bits per heavy atom. The second kappa shape index (κ2) is 9.72. The van der Waals surface area contributed by atoms with E-state index in [1.54, 1.807) is 18.0 Å². The van der Waals surface area contributed by atoms with Gasteiger partial charge < -0.3 is 4.90 Å². The highest BCUT2D eigenvalue weighted by atomic mass is 32.2. The van der Waals surface area contributed by atoms with Crippen LogP contribution in [-0.4, -0.2) is 34.1 Å². The molecule has 26 heavy (non-hydrogen) atoms. The van der Waals surface area contributed by atoms with Crippen molar-refractivity contribution < 1.29 is 9.18 Å². The summed E-state index contributed by atoms with van der Waals surface area (Å²) < 4.78 is 13.1. The van der Waals surface area contributed by atoms with E-state index in [2.05, 4.69) is 9.88 Å². The Labute approximate surface area is 159 Å². The summed E-state index contributed by atoms with van der Waals surface area (Å²) in [6, 6.07) is 10.9. The molecule has 0 N–H and O–H groups in total. The molecule has 1 fully saturated rings. The van der Waals surface area contributed by atoms with Gasteiger partial charge in [0.1, 0.15) is 5.82 Å². The zero-order chi connectivity index (χ0) is 18.2. The molecule has 5 heteroatoms. The van der Waals surface area contributed by atoms with Crippen LogP contribution >= 0.6 is 11.8 Å². The average Bonchev–Trinajstić information content (AvgIpc) is 3.19. The molecule has 1 aliphatic rings. The third kappa shape index (κ3) is 5.56. The Kier molecular flexibility index (Phi) is 7.06. The van der Waals surface area contributed by atoms with E-state index in [0.29, 0.717) is 18.3 Å². The largest absolute Gasteiger partial charge is 0.339 e. The fourth-order valence-corrected chi connectivity index (χ4v) is 4.30. The van der Waals surface area contributed by atoms with Gasteiger partial charge >= 0.3 is 0 Å². The van der Waals surface area contributed by atoms with E-state index in [1.807, 2.05) is 30.5 Å². The number of thioether (sulfide) groups is 1. The van der Waals surface area contributed by atoms with Crippen LogP contribution in [0.2, 0.25) is 0 Å². The first kappa shape index (κ1) is 18.9. The van der Waals surface area contributed by atoms with E-state index in [9.17, 15) is 9.18 Å². The number of benzene rings is 1. The molecule has 2 aromatic rings. The van der Waals surface area contributed by atoms with Crippen LogP contribution in [0.3, 0.4) is 0 Å². The van der Waals surface area contributed by atoms with Gasteiger partial charge in [0, 0.05) is 30.7 Å². The van der Waals surface area contributed by atoms with Gasteiger partial charge in [-0.1, -0.05) is 31.0 Å². The number of rotatable bonds is 8. The highest BCUT2D eigenvalue weighted by Gasteiger charge is 2.26. The van der Waals surface area contributed by atoms with Crippen LogP contribution in [0.5, 0.6) is 0 Å². The van der Waals surface area contributed by atoms with Crippen LogP contribution in [0.4, 0.5) is 4.39 Å². The van der Waals surface area contributed by atoms with E-state index >= 15 is 0 Å². The SMILES string of the molecule is O=C(CSCc1cccnc1)N(CCc1ccc(F)cc1)C1CCCC1. The van der Waals surface area contributed by atoms with Gasteiger partial charge in [-0.15, -0.1) is 11.8 Å². The molecule has 1 saturated carbocycles. The fraction of sp³-hybridized carbons (Fsp3) is 0.429. The molecule has 0 spiro atoms.